The second-order valence-electron chi connectivity index (χ2n) is 4.30. The Morgan fingerprint density at radius 3 is 2.23 bits per heavy atom. The van der Waals surface area contributed by atoms with E-state index in [-0.39, 0.29) is 5.78 Å². The van der Waals surface area contributed by atoms with E-state index >= 15 is 0 Å². The normalized spacial score (nSPS) is 20.8. The van der Waals surface area contributed by atoms with Crippen LogP contribution in [-0.2, 0) is 4.79 Å². The Hall–Kier alpha value is -0.630. The Morgan fingerprint density at radius 1 is 1.23 bits per heavy atom. The summed E-state index contributed by atoms with van der Waals surface area (Å²) in [6.07, 6.45) is 6.81. The van der Waals surface area contributed by atoms with Crippen LogP contribution in [0.25, 0.3) is 0 Å². The Labute approximate surface area is 80.2 Å². The van der Waals surface area contributed by atoms with Crippen molar-refractivity contribution in [2.75, 3.05) is 0 Å². The second-order valence-corrected chi connectivity index (χ2v) is 4.30. The molecule has 0 saturated heterocycles. The molecule has 13 heavy (non-hydrogen) atoms. The number of hydrogen-bond acceptors (Lipinski definition) is 2. The van der Waals surface area contributed by atoms with Crippen molar-refractivity contribution in [1.29, 1.82) is 0 Å². The third kappa shape index (κ3) is 2.66. The van der Waals surface area contributed by atoms with Crippen LogP contribution in [0.3, 0.4) is 0 Å². The van der Waals surface area contributed by atoms with Crippen molar-refractivity contribution in [2.24, 2.45) is 5.73 Å². The van der Waals surface area contributed by atoms with Gasteiger partial charge in [-0.2, -0.15) is 0 Å². The molecule has 74 valence electrons. The first-order valence-corrected chi connectivity index (χ1v) is 5.03. The second kappa shape index (κ2) is 4.05. The summed E-state index contributed by atoms with van der Waals surface area (Å²) in [5.41, 5.74) is 6.55. The van der Waals surface area contributed by atoms with Gasteiger partial charge in [0.25, 0.3) is 0 Å². The summed E-state index contributed by atoms with van der Waals surface area (Å²) in [6.45, 7) is 3.87. The summed E-state index contributed by atoms with van der Waals surface area (Å²) >= 11 is 0. The van der Waals surface area contributed by atoms with Crippen LogP contribution in [0.15, 0.2) is 11.6 Å². The lowest BCUT2D eigenvalue weighted by atomic mass is 9.79. The van der Waals surface area contributed by atoms with E-state index in [9.17, 15) is 4.79 Å². The quantitative estimate of drug-likeness (QED) is 0.663. The molecule has 0 bridgehead atoms. The van der Waals surface area contributed by atoms with E-state index in [4.69, 9.17) is 5.73 Å². The minimum atomic E-state index is -0.546. The maximum absolute atomic E-state index is 11.7. The van der Waals surface area contributed by atoms with Crippen LogP contribution in [-0.4, -0.2) is 11.3 Å². The van der Waals surface area contributed by atoms with Crippen LogP contribution in [0.5, 0.6) is 0 Å². The summed E-state index contributed by atoms with van der Waals surface area (Å²) in [5.74, 6) is 0.118. The summed E-state index contributed by atoms with van der Waals surface area (Å²) < 4.78 is 0. The first-order valence-electron chi connectivity index (χ1n) is 5.03. The van der Waals surface area contributed by atoms with Crippen molar-refractivity contribution >= 4 is 5.78 Å². The lowest BCUT2D eigenvalue weighted by molar-refractivity contribution is -0.120. The Kier molecular flexibility index (Phi) is 3.26. The summed E-state index contributed by atoms with van der Waals surface area (Å²) in [6, 6.07) is 0. The predicted octanol–water partition coefficient (Wildman–Crippen LogP) is 2.18. The molecule has 1 fully saturated rings. The number of nitrogens with two attached hydrogens (primary N) is 1. The number of allylic oxidation sites excluding steroid dienone is 1. The van der Waals surface area contributed by atoms with Gasteiger partial charge < -0.3 is 5.73 Å². The predicted molar refractivity (Wildman–Crippen MR) is 54.4 cm³/mol. The zero-order valence-corrected chi connectivity index (χ0v) is 8.60. The molecule has 0 aromatic carbocycles. The molecule has 1 rings (SSSR count). The number of hydrogen-bond donors (Lipinski definition) is 1. The van der Waals surface area contributed by atoms with E-state index in [0.717, 1.165) is 31.3 Å². The van der Waals surface area contributed by atoms with Crippen LogP contribution in [0, 0.1) is 0 Å². The Bertz CT molecular complexity index is 220. The minimum Gasteiger partial charge on any atom is -0.319 e. The average molecular weight is 181 g/mol. The molecule has 0 spiro atoms. The highest BCUT2D eigenvalue weighted by atomic mass is 16.1. The fourth-order valence-electron chi connectivity index (χ4n) is 1.83. The number of carbonyl (C=O) groups is 1. The van der Waals surface area contributed by atoms with E-state index in [0.29, 0.717) is 0 Å². The minimum absolute atomic E-state index is 0.118. The van der Waals surface area contributed by atoms with Gasteiger partial charge in [-0.05, 0) is 32.8 Å². The highest BCUT2D eigenvalue weighted by molar-refractivity contribution is 5.98. The van der Waals surface area contributed by atoms with Crippen molar-refractivity contribution in [1.82, 2.24) is 0 Å². The Morgan fingerprint density at radius 2 is 1.77 bits per heavy atom. The highest BCUT2D eigenvalue weighted by Crippen LogP contribution is 2.27. The molecule has 0 radical (unpaired) electrons. The lowest BCUT2D eigenvalue weighted by Crippen LogP contribution is -2.48. The molecular formula is C11H19NO. The van der Waals surface area contributed by atoms with E-state index < -0.39 is 5.54 Å². The van der Waals surface area contributed by atoms with E-state index in [2.05, 4.69) is 0 Å². The van der Waals surface area contributed by atoms with Gasteiger partial charge in [0.15, 0.2) is 5.78 Å². The number of ketones is 1. The molecule has 2 nitrogen and oxygen atoms in total. The smallest absolute Gasteiger partial charge is 0.175 e. The van der Waals surface area contributed by atoms with E-state index in [1.54, 1.807) is 6.08 Å². The molecule has 0 amide bonds. The fraction of sp³-hybridized carbons (Fsp3) is 0.727. The summed E-state index contributed by atoms with van der Waals surface area (Å²) in [7, 11) is 0. The molecular weight excluding hydrogens is 162 g/mol. The average Bonchev–Trinajstić information content (AvgIpc) is 2.04. The summed E-state index contributed by atoms with van der Waals surface area (Å²) in [4.78, 5) is 11.7. The lowest BCUT2D eigenvalue weighted by Gasteiger charge is -2.30. The maximum atomic E-state index is 11.7. The van der Waals surface area contributed by atoms with Gasteiger partial charge in [0.2, 0.25) is 0 Å². The first kappa shape index (κ1) is 10.5. The van der Waals surface area contributed by atoms with Gasteiger partial charge >= 0.3 is 0 Å². The van der Waals surface area contributed by atoms with Gasteiger partial charge in [-0.3, -0.25) is 4.79 Å². The molecule has 0 aromatic rings. The third-order valence-electron chi connectivity index (χ3n) is 2.66. The van der Waals surface area contributed by atoms with E-state index in [1.165, 1.54) is 6.42 Å². The van der Waals surface area contributed by atoms with Crippen molar-refractivity contribution in [2.45, 2.75) is 51.5 Å². The van der Waals surface area contributed by atoms with E-state index in [1.807, 2.05) is 13.8 Å². The number of carbonyl (C=O) groups excluding carboxylic acids is 1. The third-order valence-corrected chi connectivity index (χ3v) is 2.66. The van der Waals surface area contributed by atoms with Crippen molar-refractivity contribution < 1.29 is 4.79 Å². The van der Waals surface area contributed by atoms with Gasteiger partial charge in [-0.1, -0.05) is 24.8 Å². The van der Waals surface area contributed by atoms with Crippen LogP contribution >= 0.6 is 0 Å². The molecule has 1 aliphatic rings. The highest BCUT2D eigenvalue weighted by Gasteiger charge is 2.33. The van der Waals surface area contributed by atoms with Gasteiger partial charge in [0, 0.05) is 0 Å². The maximum Gasteiger partial charge on any atom is 0.175 e. The molecule has 2 N–H and O–H groups in total. The zero-order valence-electron chi connectivity index (χ0n) is 8.60. The van der Waals surface area contributed by atoms with Gasteiger partial charge in [0.05, 0.1) is 5.54 Å². The first-order chi connectivity index (χ1) is 6.04. The summed E-state index contributed by atoms with van der Waals surface area (Å²) in [5, 5.41) is 0. The largest absolute Gasteiger partial charge is 0.319 e. The molecule has 0 unspecified atom stereocenters. The van der Waals surface area contributed by atoms with Crippen LogP contribution < -0.4 is 5.73 Å². The Balaban J connectivity index is 2.67. The molecule has 0 heterocycles. The van der Waals surface area contributed by atoms with Crippen LogP contribution in [0.2, 0.25) is 0 Å². The van der Waals surface area contributed by atoms with Crippen molar-refractivity contribution in [3.05, 3.63) is 11.6 Å². The SMILES string of the molecule is CC(C)=CC(=O)C1(N)CCCCC1. The van der Waals surface area contributed by atoms with Gasteiger partial charge in [-0.15, -0.1) is 0 Å². The van der Waals surface area contributed by atoms with Crippen LogP contribution in [0.1, 0.15) is 46.0 Å². The van der Waals surface area contributed by atoms with Crippen molar-refractivity contribution in [3.8, 4) is 0 Å². The zero-order chi connectivity index (χ0) is 9.90. The number of rotatable bonds is 2. The standard InChI is InChI=1S/C11H19NO/c1-9(2)8-10(13)11(12)6-4-3-5-7-11/h8H,3-7,12H2,1-2H3. The van der Waals surface area contributed by atoms with Gasteiger partial charge in [-0.25, -0.2) is 0 Å². The molecule has 0 atom stereocenters. The molecule has 0 aliphatic heterocycles. The van der Waals surface area contributed by atoms with Crippen LogP contribution in [0.4, 0.5) is 0 Å². The molecule has 1 saturated carbocycles. The monoisotopic (exact) mass is 181 g/mol. The van der Waals surface area contributed by atoms with Gasteiger partial charge in [0.1, 0.15) is 0 Å². The molecule has 1 aliphatic carbocycles. The van der Waals surface area contributed by atoms with Crippen molar-refractivity contribution in [3.63, 3.8) is 0 Å². The molecule has 0 aromatic heterocycles. The molecule has 2 heteroatoms. The fourth-order valence-corrected chi connectivity index (χ4v) is 1.83. The topological polar surface area (TPSA) is 43.1 Å².